The molecule has 1 unspecified atom stereocenters. The van der Waals surface area contributed by atoms with Crippen molar-refractivity contribution in [2.75, 3.05) is 4.90 Å². The molecule has 1 atom stereocenters. The van der Waals surface area contributed by atoms with Crippen molar-refractivity contribution in [3.05, 3.63) is 101 Å². The molecule has 6 rings (SSSR count). The zero-order valence-electron chi connectivity index (χ0n) is 26.3. The van der Waals surface area contributed by atoms with E-state index in [9.17, 15) is 9.59 Å². The van der Waals surface area contributed by atoms with E-state index >= 15 is 0 Å². The highest BCUT2D eigenvalue weighted by Gasteiger charge is 2.28. The number of rotatable bonds is 10. The summed E-state index contributed by atoms with van der Waals surface area (Å²) in [4.78, 5) is 41.9. The second kappa shape index (κ2) is 14.0. The first kappa shape index (κ1) is 32.3. The topological polar surface area (TPSA) is 178 Å². The molecular formula is C33H32N8O7. The van der Waals surface area contributed by atoms with E-state index in [4.69, 9.17) is 19.9 Å². The fourth-order valence-corrected chi connectivity index (χ4v) is 5.41. The van der Waals surface area contributed by atoms with Crippen molar-refractivity contribution in [1.82, 2.24) is 35.6 Å². The van der Waals surface area contributed by atoms with Crippen LogP contribution in [-0.2, 0) is 33.9 Å². The second-order valence-corrected chi connectivity index (χ2v) is 11.1. The number of tetrazole rings is 1. The first-order chi connectivity index (χ1) is 23.1. The van der Waals surface area contributed by atoms with Crippen LogP contribution in [0.15, 0.2) is 72.8 Å². The number of amides is 1. The van der Waals surface area contributed by atoms with Crippen molar-refractivity contribution in [2.24, 2.45) is 0 Å². The summed E-state index contributed by atoms with van der Waals surface area (Å²) in [6, 6.07) is 21.8. The van der Waals surface area contributed by atoms with Crippen molar-refractivity contribution in [1.29, 1.82) is 0 Å². The molecule has 0 fully saturated rings. The number of hydrogen-bond donors (Lipinski definition) is 2. The van der Waals surface area contributed by atoms with Gasteiger partial charge < -0.3 is 9.47 Å². The number of carbonyl (C=O) groups is 2. The molecule has 2 aromatic heterocycles. The lowest BCUT2D eigenvalue weighted by Crippen LogP contribution is -2.36. The van der Waals surface area contributed by atoms with E-state index in [0.29, 0.717) is 42.4 Å². The van der Waals surface area contributed by atoms with Crippen LogP contribution in [0.1, 0.15) is 47.8 Å². The maximum Gasteiger partial charge on any atom is 0.515 e. The van der Waals surface area contributed by atoms with Crippen molar-refractivity contribution in [3.8, 4) is 28.3 Å². The van der Waals surface area contributed by atoms with Crippen LogP contribution in [0.2, 0.25) is 0 Å². The number of fused-ring (bicyclic) bond motifs is 1. The minimum atomic E-state index is -1.00. The Morgan fingerprint density at radius 1 is 0.958 bits per heavy atom. The summed E-state index contributed by atoms with van der Waals surface area (Å²) in [7, 11) is 0. The van der Waals surface area contributed by atoms with Crippen molar-refractivity contribution >= 4 is 17.9 Å². The number of ether oxygens (including phenoxy) is 2. The van der Waals surface area contributed by atoms with E-state index < -0.39 is 17.8 Å². The number of nitrogens with zero attached hydrogens (tertiary/aromatic N) is 8. The van der Waals surface area contributed by atoms with Crippen molar-refractivity contribution in [3.63, 3.8) is 0 Å². The standard InChI is InChI=1S/C33H32N8O7/c1-20-27-15-16-30(42)39(32(27)35-21(2)34-20)18-23-11-13-25(14-12-23)28-9-4-5-10-29(28)31-36-38-40(37-31)22(3)47-33(43)48-26-8-6-7-24(17-26)19-46-41(44)45/h4-14,17,22,44-45H,15-16,18-19H2,1-3H3. The Balaban J connectivity index is 1.13. The molecule has 0 saturated heterocycles. The van der Waals surface area contributed by atoms with Crippen molar-refractivity contribution < 1.29 is 34.3 Å². The molecule has 1 aliphatic heterocycles. The molecule has 2 N–H and O–H groups in total. The third-order valence-corrected chi connectivity index (χ3v) is 7.69. The minimum Gasteiger partial charge on any atom is -0.407 e. The maximum absolute atomic E-state index is 12.9. The molecule has 3 heterocycles. The normalized spacial score (nSPS) is 13.4. The van der Waals surface area contributed by atoms with Gasteiger partial charge in [-0.2, -0.15) is 0 Å². The number of benzene rings is 3. The monoisotopic (exact) mass is 652 g/mol. The van der Waals surface area contributed by atoms with Gasteiger partial charge in [-0.25, -0.2) is 19.6 Å². The summed E-state index contributed by atoms with van der Waals surface area (Å²) in [6.07, 6.45) is -0.887. The molecule has 0 spiro atoms. The average Bonchev–Trinajstić information content (AvgIpc) is 3.56. The Labute approximate surface area is 274 Å². The van der Waals surface area contributed by atoms with E-state index in [-0.39, 0.29) is 18.3 Å². The number of carbonyl (C=O) groups excluding carboxylic acids is 2. The van der Waals surface area contributed by atoms with E-state index in [2.05, 4.69) is 30.2 Å². The number of hydrogen-bond acceptors (Lipinski definition) is 13. The molecule has 0 saturated carbocycles. The minimum absolute atomic E-state index is 0.0358. The largest absolute Gasteiger partial charge is 0.515 e. The Morgan fingerprint density at radius 2 is 1.73 bits per heavy atom. The van der Waals surface area contributed by atoms with Crippen LogP contribution in [0.25, 0.3) is 22.5 Å². The SMILES string of the molecule is Cc1nc(C)c2c(n1)N(Cc1ccc(-c3ccccc3-c3nnn(C(C)OC(=O)Oc4cccc(CON(O)O)c4)n3)cc1)C(=O)CC2. The van der Waals surface area contributed by atoms with Gasteiger partial charge in [-0.1, -0.05) is 60.7 Å². The van der Waals surface area contributed by atoms with Crippen LogP contribution in [0.5, 0.6) is 5.75 Å². The lowest BCUT2D eigenvalue weighted by atomic mass is 9.98. The van der Waals surface area contributed by atoms with Gasteiger partial charge in [0.05, 0.1) is 18.5 Å². The molecule has 5 aromatic rings. The van der Waals surface area contributed by atoms with E-state index in [1.165, 1.54) is 12.1 Å². The summed E-state index contributed by atoms with van der Waals surface area (Å²) in [5.74, 6) is 1.85. The van der Waals surface area contributed by atoms with Gasteiger partial charge in [0.2, 0.25) is 18.0 Å². The molecule has 0 bridgehead atoms. The molecule has 15 heteroatoms. The third kappa shape index (κ3) is 7.34. The predicted octanol–water partition coefficient (Wildman–Crippen LogP) is 5.14. The van der Waals surface area contributed by atoms with Crippen LogP contribution in [0.3, 0.4) is 0 Å². The molecule has 1 amide bonds. The zero-order chi connectivity index (χ0) is 33.8. The Hall–Kier alpha value is -5.61. The van der Waals surface area contributed by atoms with Gasteiger partial charge in [0.1, 0.15) is 17.4 Å². The molecule has 0 radical (unpaired) electrons. The summed E-state index contributed by atoms with van der Waals surface area (Å²) in [6.45, 7) is 5.58. The lowest BCUT2D eigenvalue weighted by Gasteiger charge is -2.29. The van der Waals surface area contributed by atoms with Gasteiger partial charge in [-0.05, 0) is 66.8 Å². The van der Waals surface area contributed by atoms with Crippen LogP contribution >= 0.6 is 0 Å². The van der Waals surface area contributed by atoms with Gasteiger partial charge in [-0.3, -0.25) is 20.1 Å². The third-order valence-electron chi connectivity index (χ3n) is 7.69. The van der Waals surface area contributed by atoms with E-state index in [1.807, 2.05) is 62.4 Å². The first-order valence-corrected chi connectivity index (χ1v) is 15.1. The molecule has 1 aliphatic rings. The van der Waals surface area contributed by atoms with Crippen LogP contribution < -0.4 is 9.64 Å². The van der Waals surface area contributed by atoms with Crippen LogP contribution in [0, 0.1) is 13.8 Å². The maximum atomic E-state index is 12.9. The summed E-state index contributed by atoms with van der Waals surface area (Å²) >= 11 is 0. The zero-order valence-corrected chi connectivity index (χ0v) is 26.3. The second-order valence-electron chi connectivity index (χ2n) is 11.1. The fraction of sp³-hybridized carbons (Fsp3) is 0.242. The van der Waals surface area contributed by atoms with Crippen LogP contribution in [0.4, 0.5) is 10.6 Å². The van der Waals surface area contributed by atoms with E-state index in [1.54, 1.807) is 24.0 Å². The Kier molecular flexibility index (Phi) is 9.45. The number of aryl methyl sites for hydroxylation is 2. The number of aromatic nitrogens is 6. The molecular weight excluding hydrogens is 620 g/mol. The Bertz CT molecular complexity index is 1950. The summed E-state index contributed by atoms with van der Waals surface area (Å²) in [5, 5.41) is 29.8. The smallest absolute Gasteiger partial charge is 0.407 e. The van der Waals surface area contributed by atoms with Crippen molar-refractivity contribution in [2.45, 2.75) is 53.0 Å². The van der Waals surface area contributed by atoms with Gasteiger partial charge in [-0.15, -0.1) is 15.0 Å². The van der Waals surface area contributed by atoms with Gasteiger partial charge >= 0.3 is 6.16 Å². The highest BCUT2D eigenvalue weighted by Crippen LogP contribution is 2.32. The molecule has 0 aliphatic carbocycles. The molecule has 246 valence electrons. The van der Waals surface area contributed by atoms with Gasteiger partial charge in [0.15, 0.2) is 0 Å². The highest BCUT2D eigenvalue weighted by molar-refractivity contribution is 5.95. The first-order valence-electron chi connectivity index (χ1n) is 15.1. The van der Waals surface area contributed by atoms with Gasteiger partial charge in [0, 0.05) is 23.2 Å². The quantitative estimate of drug-likeness (QED) is 0.115. The highest BCUT2D eigenvalue weighted by atomic mass is 17.1. The lowest BCUT2D eigenvalue weighted by molar-refractivity contribution is -0.497. The number of anilines is 1. The van der Waals surface area contributed by atoms with E-state index in [0.717, 1.165) is 38.3 Å². The summed E-state index contributed by atoms with van der Waals surface area (Å²) in [5.41, 5.74) is 5.88. The van der Waals surface area contributed by atoms with Gasteiger partial charge in [0.25, 0.3) is 0 Å². The molecule has 3 aromatic carbocycles. The average molecular weight is 653 g/mol. The van der Waals surface area contributed by atoms with Crippen LogP contribution in [-0.4, -0.2) is 58.0 Å². The fourth-order valence-electron chi connectivity index (χ4n) is 5.41. The predicted molar refractivity (Wildman–Crippen MR) is 168 cm³/mol. The summed E-state index contributed by atoms with van der Waals surface area (Å²) < 4.78 is 10.6. The molecule has 48 heavy (non-hydrogen) atoms. The molecule has 15 nitrogen and oxygen atoms in total. The Morgan fingerprint density at radius 3 is 2.50 bits per heavy atom.